The van der Waals surface area contributed by atoms with Crippen LogP contribution in [0.1, 0.15) is 80.7 Å². The molecule has 59 heavy (non-hydrogen) atoms. The van der Waals surface area contributed by atoms with Crippen LogP contribution in [-0.2, 0) is 25.0 Å². The largest absolute Gasteiger partial charge is 0.469 e. The van der Waals surface area contributed by atoms with Crippen molar-refractivity contribution >= 4 is 52.5 Å². The van der Waals surface area contributed by atoms with Crippen LogP contribution in [0.4, 0.5) is 19.4 Å². The van der Waals surface area contributed by atoms with Crippen LogP contribution in [0.3, 0.4) is 0 Å². The van der Waals surface area contributed by atoms with Crippen LogP contribution in [-0.4, -0.2) is 101 Å². The van der Waals surface area contributed by atoms with Gasteiger partial charge in [-0.3, -0.25) is 9.11 Å². The van der Waals surface area contributed by atoms with Gasteiger partial charge in [-0.2, -0.15) is 0 Å². The van der Waals surface area contributed by atoms with Gasteiger partial charge in [0.15, 0.2) is 5.82 Å². The van der Waals surface area contributed by atoms with Gasteiger partial charge in [0.1, 0.15) is 54.8 Å². The van der Waals surface area contributed by atoms with Crippen molar-refractivity contribution in [2.45, 2.75) is 127 Å². The number of nitrogens with zero attached hydrogens (tertiary/aromatic N) is 5. The van der Waals surface area contributed by atoms with Crippen molar-refractivity contribution in [2.75, 3.05) is 38.2 Å². The number of carbonyl (C=O) groups is 1. The zero-order valence-electron chi connectivity index (χ0n) is 35.8. The molecule has 15 heteroatoms. The van der Waals surface area contributed by atoms with Gasteiger partial charge in [-0.1, -0.05) is 71.7 Å². The number of amides is 1. The number of hydrogen-bond acceptors (Lipinski definition) is 10. The molecule has 316 valence electrons. The summed E-state index contributed by atoms with van der Waals surface area (Å²) in [5, 5.41) is 1.21. The predicted octanol–water partition coefficient (Wildman–Crippen LogP) is 8.77. The van der Waals surface area contributed by atoms with E-state index in [0.29, 0.717) is 58.2 Å². The predicted molar refractivity (Wildman–Crippen MR) is 229 cm³/mol. The number of rotatable bonds is 9. The Balaban J connectivity index is 1.47. The Labute approximate surface area is 349 Å². The second-order valence-corrected chi connectivity index (χ2v) is 24.7. The summed E-state index contributed by atoms with van der Waals surface area (Å²) in [4.78, 5) is 31.9. The minimum atomic E-state index is -2.31. The number of ether oxygens (including phenoxy) is 4. The molecule has 3 aliphatic rings. The van der Waals surface area contributed by atoms with E-state index in [9.17, 15) is 9.00 Å². The Morgan fingerprint density at radius 3 is 2.37 bits per heavy atom. The first kappa shape index (κ1) is 42.9. The van der Waals surface area contributed by atoms with Gasteiger partial charge in [0, 0.05) is 30.9 Å². The van der Waals surface area contributed by atoms with Crippen LogP contribution >= 0.6 is 0 Å². The summed E-state index contributed by atoms with van der Waals surface area (Å²) in [6, 6.07) is 7.16. The van der Waals surface area contributed by atoms with Gasteiger partial charge in [-0.25, -0.2) is 28.5 Å². The molecule has 2 fully saturated rings. The van der Waals surface area contributed by atoms with Gasteiger partial charge in [-0.05, 0) is 61.7 Å². The molecule has 5 atom stereocenters. The molecular weight excluding hydrogens is 793 g/mol. The molecule has 11 nitrogen and oxygen atoms in total. The number of piperazine rings is 1. The molecule has 4 aromatic rings. The maximum absolute atomic E-state index is 17.6. The van der Waals surface area contributed by atoms with Crippen molar-refractivity contribution in [3.05, 3.63) is 47.5 Å². The van der Waals surface area contributed by atoms with Crippen molar-refractivity contribution in [3.63, 3.8) is 0 Å². The van der Waals surface area contributed by atoms with Gasteiger partial charge in [0.25, 0.3) is 0 Å². The van der Waals surface area contributed by atoms with Crippen molar-refractivity contribution in [1.82, 2.24) is 19.9 Å². The summed E-state index contributed by atoms with van der Waals surface area (Å²) in [6.45, 7) is 19.0. The van der Waals surface area contributed by atoms with Crippen molar-refractivity contribution in [2.24, 2.45) is 0 Å². The topological polar surface area (TPSA) is 116 Å². The smallest absolute Gasteiger partial charge is 0.410 e. The number of methoxy groups -OCH3 is 1. The van der Waals surface area contributed by atoms with Crippen molar-refractivity contribution < 1.29 is 36.7 Å². The molecule has 3 aliphatic heterocycles. The molecule has 2 aromatic heterocycles. The van der Waals surface area contributed by atoms with E-state index in [0.717, 1.165) is 0 Å². The van der Waals surface area contributed by atoms with E-state index in [1.807, 2.05) is 31.7 Å². The Kier molecular flexibility index (Phi) is 11.9. The maximum Gasteiger partial charge on any atom is 0.410 e. The van der Waals surface area contributed by atoms with E-state index < -0.39 is 60.4 Å². The highest BCUT2D eigenvalue weighted by Crippen LogP contribution is 2.47. The van der Waals surface area contributed by atoms with E-state index in [1.54, 1.807) is 23.1 Å². The van der Waals surface area contributed by atoms with Crippen LogP contribution in [0.2, 0.25) is 16.6 Å². The Bertz CT molecular complexity index is 2360. The third kappa shape index (κ3) is 7.59. The first-order valence-electron chi connectivity index (χ1n) is 20.4. The second-order valence-electron chi connectivity index (χ2n) is 17.8. The van der Waals surface area contributed by atoms with Crippen LogP contribution in [0, 0.1) is 23.1 Å². The molecule has 0 N–H and O–H groups in total. The van der Waals surface area contributed by atoms with E-state index in [-0.39, 0.29) is 52.6 Å². The lowest BCUT2D eigenvalue weighted by atomic mass is 9.96. The molecule has 0 spiro atoms. The van der Waals surface area contributed by atoms with E-state index >= 15 is 8.78 Å². The first-order chi connectivity index (χ1) is 27.9. The summed E-state index contributed by atoms with van der Waals surface area (Å²) >= 11 is 0. The number of hydrogen-bond donors (Lipinski definition) is 0. The third-order valence-corrected chi connectivity index (χ3v) is 19.2. The maximum atomic E-state index is 17.6. The second kappa shape index (κ2) is 16.3. The molecule has 1 amide bonds. The number of aromatic nitrogens is 3. The lowest BCUT2D eigenvalue weighted by Gasteiger charge is -2.48. The molecule has 2 saturated heterocycles. The molecule has 2 aromatic carbocycles. The summed E-state index contributed by atoms with van der Waals surface area (Å²) in [7, 11) is -2.51. The van der Waals surface area contributed by atoms with Gasteiger partial charge in [0.2, 0.25) is 11.0 Å². The van der Waals surface area contributed by atoms with Gasteiger partial charge < -0.3 is 23.8 Å². The van der Waals surface area contributed by atoms with Crippen LogP contribution in [0.5, 0.6) is 5.88 Å². The fraction of sp³-hybridized carbons (Fsp3) is 0.545. The highest BCUT2D eigenvalue weighted by Gasteiger charge is 2.55. The fourth-order valence-electron chi connectivity index (χ4n) is 9.83. The standard InChI is InChI=1S/C44H55F2N5O6SSi/c1-24(2)59(25(3)4,26(5)6)20-19-29-31(45)17-15-27-13-12-14-30(34(27)29)37-36(46)38-35-40(49-42(48-38)58(11)53)50-21-28-16-18-32(51(28)43(52)57-44(7,8)9)39(50)33(22-55-23-54-10)56-41(35)47-37/h12-15,17,24-26,28,32-33,39H,16,18,21-23H2,1-11H3/t28-,32+,33+,39+,58?/m1/s1. The van der Waals surface area contributed by atoms with Crippen molar-refractivity contribution in [1.29, 1.82) is 0 Å². The van der Waals surface area contributed by atoms with Crippen LogP contribution < -0.4 is 9.64 Å². The molecule has 7 rings (SSSR count). The lowest BCUT2D eigenvalue weighted by molar-refractivity contribution is -0.0684. The number of fused-ring (bicyclic) bond motifs is 6. The molecule has 0 aliphatic carbocycles. The highest BCUT2D eigenvalue weighted by molar-refractivity contribution is 7.84. The van der Waals surface area contributed by atoms with E-state index in [2.05, 4.69) is 58.0 Å². The first-order valence-corrected chi connectivity index (χ1v) is 24.2. The average molecular weight is 848 g/mol. The minimum Gasteiger partial charge on any atom is -0.469 e. The Morgan fingerprint density at radius 2 is 1.73 bits per heavy atom. The van der Waals surface area contributed by atoms with Gasteiger partial charge in [0.05, 0.1) is 41.1 Å². The lowest BCUT2D eigenvalue weighted by Crippen LogP contribution is -2.66. The van der Waals surface area contributed by atoms with Crippen molar-refractivity contribution in [3.8, 4) is 28.6 Å². The normalized spacial score (nSPS) is 20.8. The molecule has 1 unspecified atom stereocenters. The molecule has 0 radical (unpaired) electrons. The quantitative estimate of drug-likeness (QED) is 0.0533. The van der Waals surface area contributed by atoms with E-state index in [4.69, 9.17) is 28.9 Å². The number of anilines is 1. The number of benzene rings is 2. The molecule has 2 bridgehead atoms. The van der Waals surface area contributed by atoms with Crippen LogP contribution in [0.25, 0.3) is 32.9 Å². The monoisotopic (exact) mass is 847 g/mol. The Morgan fingerprint density at radius 1 is 1.02 bits per heavy atom. The third-order valence-electron chi connectivity index (χ3n) is 12.2. The fourth-order valence-corrected chi connectivity index (χ4v) is 15.5. The van der Waals surface area contributed by atoms with Gasteiger partial charge in [-0.15, -0.1) is 5.54 Å². The van der Waals surface area contributed by atoms with Crippen LogP contribution in [0.15, 0.2) is 35.5 Å². The van der Waals surface area contributed by atoms with E-state index in [1.165, 1.54) is 19.4 Å². The average Bonchev–Trinajstić information content (AvgIpc) is 3.41. The number of pyridine rings is 1. The summed E-state index contributed by atoms with van der Waals surface area (Å²) in [6.07, 6.45) is 1.57. The summed E-state index contributed by atoms with van der Waals surface area (Å²) in [5.74, 6) is 2.34. The number of halogens is 2. The zero-order valence-corrected chi connectivity index (χ0v) is 37.6. The molecular formula is C44H55F2N5O6SSi. The Hall–Kier alpha value is -4.23. The molecule has 5 heterocycles. The molecule has 0 saturated carbocycles. The minimum absolute atomic E-state index is 0.0224. The zero-order chi connectivity index (χ0) is 42.7. The SMILES string of the molecule is COCOC[C@@H]1Oc2nc(-c3cccc4ccc(F)c(C#C[Si](C(C)C)(C(C)C)C(C)C)c34)c(F)c3nc(S(C)=O)nc(c23)N2C[C@H]3CC[C@@H]([C@@H]12)N3C(=O)OC(C)(C)C. The number of carbonyl (C=O) groups excluding carboxylic acids is 1. The summed E-state index contributed by atoms with van der Waals surface area (Å²) < 4.78 is 71.0. The van der Waals surface area contributed by atoms with Gasteiger partial charge >= 0.3 is 6.09 Å². The summed E-state index contributed by atoms with van der Waals surface area (Å²) in [5.41, 5.74) is 4.07. The highest BCUT2D eigenvalue weighted by atomic mass is 32.2.